The normalized spacial score (nSPS) is 22.9. The lowest BCUT2D eigenvalue weighted by atomic mass is 9.88. The van der Waals surface area contributed by atoms with E-state index in [0.717, 1.165) is 23.8 Å². The van der Waals surface area contributed by atoms with Crippen molar-refractivity contribution in [1.29, 1.82) is 0 Å². The second-order valence-corrected chi connectivity index (χ2v) is 5.50. The molecule has 2 aromatic rings. The fraction of sp³-hybridized carbons (Fsp3) is 0.316. The Morgan fingerprint density at radius 1 is 1.05 bits per heavy atom. The van der Waals surface area contributed by atoms with Gasteiger partial charge in [0.25, 0.3) is 0 Å². The Kier molecular flexibility index (Phi) is 4.99. The number of carbonyl (C=O) groups is 1. The summed E-state index contributed by atoms with van der Waals surface area (Å²) in [6, 6.07) is 20.0. The van der Waals surface area contributed by atoms with Crippen molar-refractivity contribution in [3.8, 4) is 0 Å². The molecule has 0 bridgehead atoms. The van der Waals surface area contributed by atoms with E-state index in [0.29, 0.717) is 13.0 Å². The summed E-state index contributed by atoms with van der Waals surface area (Å²) in [5.74, 6) is 0.0776. The van der Waals surface area contributed by atoms with Gasteiger partial charge in [-0.25, -0.2) is 0 Å². The van der Waals surface area contributed by atoms with Crippen molar-refractivity contribution in [3.05, 3.63) is 71.8 Å². The molecule has 1 heterocycles. The summed E-state index contributed by atoms with van der Waals surface area (Å²) in [4.78, 5) is 11.1. The molecule has 1 saturated heterocycles. The maximum atomic E-state index is 11.1. The van der Waals surface area contributed by atoms with Crippen molar-refractivity contribution < 1.29 is 14.3 Å². The number of carbonyl (C=O) groups excluding carboxylic acids is 1. The highest BCUT2D eigenvalue weighted by Crippen LogP contribution is 2.34. The van der Waals surface area contributed by atoms with Gasteiger partial charge in [-0.2, -0.15) is 0 Å². The number of benzene rings is 2. The van der Waals surface area contributed by atoms with Crippen LogP contribution in [0.4, 0.5) is 0 Å². The minimum atomic E-state index is -0.349. The van der Waals surface area contributed by atoms with Gasteiger partial charge in [-0.15, -0.1) is 0 Å². The van der Waals surface area contributed by atoms with Gasteiger partial charge < -0.3 is 14.3 Å². The van der Waals surface area contributed by atoms with E-state index in [1.807, 2.05) is 48.5 Å². The topological polar surface area (TPSA) is 35.5 Å². The summed E-state index contributed by atoms with van der Waals surface area (Å²) in [6.45, 7) is 0.645. The summed E-state index contributed by atoms with van der Waals surface area (Å²) < 4.78 is 11.9. The fourth-order valence-corrected chi connectivity index (χ4v) is 2.94. The number of hydrogen-bond donors (Lipinski definition) is 0. The zero-order valence-electron chi connectivity index (χ0n) is 12.4. The molecular formula is C19H20O3. The monoisotopic (exact) mass is 296 g/mol. The van der Waals surface area contributed by atoms with Crippen LogP contribution in [0.15, 0.2) is 60.7 Å². The van der Waals surface area contributed by atoms with Gasteiger partial charge >= 0.3 is 0 Å². The molecule has 3 heteroatoms. The molecule has 0 radical (unpaired) electrons. The molecule has 0 aliphatic carbocycles. The van der Waals surface area contributed by atoms with Gasteiger partial charge in [0, 0.05) is 17.9 Å². The number of aldehydes is 1. The van der Waals surface area contributed by atoms with Crippen LogP contribution in [-0.4, -0.2) is 19.0 Å². The first-order valence-corrected chi connectivity index (χ1v) is 7.69. The van der Waals surface area contributed by atoms with E-state index < -0.39 is 0 Å². The van der Waals surface area contributed by atoms with Gasteiger partial charge in [-0.1, -0.05) is 60.7 Å². The molecule has 3 unspecified atom stereocenters. The van der Waals surface area contributed by atoms with Crippen LogP contribution in [0, 0.1) is 0 Å². The molecule has 3 rings (SSSR count). The van der Waals surface area contributed by atoms with E-state index in [1.165, 1.54) is 0 Å². The third-order valence-electron chi connectivity index (χ3n) is 4.07. The molecule has 3 atom stereocenters. The van der Waals surface area contributed by atoms with E-state index in [9.17, 15) is 4.79 Å². The standard InChI is InChI=1S/C19H20O3/c20-13-11-17(15-7-3-1-4-8-15)18-12-14-21-19(22-18)16-9-5-2-6-10-16/h1-10,13,17-19H,11-12,14H2. The molecule has 1 aliphatic rings. The lowest BCUT2D eigenvalue weighted by Crippen LogP contribution is -2.32. The Labute approximate surface area is 130 Å². The van der Waals surface area contributed by atoms with Gasteiger partial charge in [0.1, 0.15) is 6.29 Å². The number of rotatable bonds is 5. The van der Waals surface area contributed by atoms with Crippen LogP contribution in [0.2, 0.25) is 0 Å². The predicted molar refractivity (Wildman–Crippen MR) is 84.5 cm³/mol. The predicted octanol–water partition coefficient (Wildman–Crippen LogP) is 3.86. The molecule has 2 aromatic carbocycles. The van der Waals surface area contributed by atoms with E-state index in [4.69, 9.17) is 9.47 Å². The zero-order valence-corrected chi connectivity index (χ0v) is 12.4. The number of ether oxygens (including phenoxy) is 2. The smallest absolute Gasteiger partial charge is 0.184 e. The molecule has 0 aromatic heterocycles. The van der Waals surface area contributed by atoms with Gasteiger partial charge in [0.05, 0.1) is 12.7 Å². The molecule has 0 N–H and O–H groups in total. The molecule has 114 valence electrons. The Hall–Kier alpha value is -1.97. The Morgan fingerprint density at radius 2 is 1.73 bits per heavy atom. The van der Waals surface area contributed by atoms with E-state index in [2.05, 4.69) is 12.1 Å². The lowest BCUT2D eigenvalue weighted by molar-refractivity contribution is -0.222. The van der Waals surface area contributed by atoms with Gasteiger partial charge in [0.2, 0.25) is 0 Å². The van der Waals surface area contributed by atoms with Crippen LogP contribution in [0.1, 0.15) is 36.2 Å². The Balaban J connectivity index is 1.78. The molecule has 3 nitrogen and oxygen atoms in total. The largest absolute Gasteiger partial charge is 0.348 e. The van der Waals surface area contributed by atoms with Gasteiger partial charge in [-0.3, -0.25) is 0 Å². The van der Waals surface area contributed by atoms with Crippen molar-refractivity contribution in [3.63, 3.8) is 0 Å². The SMILES string of the molecule is O=CCC(c1ccccc1)C1CCOC(c2ccccc2)O1. The fourth-order valence-electron chi connectivity index (χ4n) is 2.94. The van der Waals surface area contributed by atoms with Crippen LogP contribution >= 0.6 is 0 Å². The third-order valence-corrected chi connectivity index (χ3v) is 4.07. The first kappa shape index (κ1) is 14.9. The minimum Gasteiger partial charge on any atom is -0.348 e. The molecule has 0 spiro atoms. The summed E-state index contributed by atoms with van der Waals surface area (Å²) in [5.41, 5.74) is 2.17. The zero-order chi connectivity index (χ0) is 15.2. The maximum Gasteiger partial charge on any atom is 0.184 e. The second kappa shape index (κ2) is 7.34. The molecule has 1 fully saturated rings. The van der Waals surface area contributed by atoms with Gasteiger partial charge in [-0.05, 0) is 12.0 Å². The molecule has 0 amide bonds. The second-order valence-electron chi connectivity index (χ2n) is 5.50. The molecule has 0 saturated carbocycles. The summed E-state index contributed by atoms with van der Waals surface area (Å²) >= 11 is 0. The highest BCUT2D eigenvalue weighted by atomic mass is 16.7. The third kappa shape index (κ3) is 3.43. The van der Waals surface area contributed by atoms with Crippen molar-refractivity contribution in [1.82, 2.24) is 0 Å². The van der Waals surface area contributed by atoms with Crippen LogP contribution in [0.25, 0.3) is 0 Å². The van der Waals surface area contributed by atoms with Crippen LogP contribution < -0.4 is 0 Å². The minimum absolute atomic E-state index is 0.00782. The van der Waals surface area contributed by atoms with Crippen molar-refractivity contribution >= 4 is 6.29 Å². The van der Waals surface area contributed by atoms with E-state index in [-0.39, 0.29) is 18.3 Å². The molecular weight excluding hydrogens is 276 g/mol. The first-order valence-electron chi connectivity index (χ1n) is 7.69. The Bertz CT molecular complexity index is 582. The van der Waals surface area contributed by atoms with E-state index >= 15 is 0 Å². The van der Waals surface area contributed by atoms with Crippen LogP contribution in [0.3, 0.4) is 0 Å². The highest BCUT2D eigenvalue weighted by molar-refractivity contribution is 5.52. The number of hydrogen-bond acceptors (Lipinski definition) is 3. The Morgan fingerprint density at radius 3 is 2.41 bits per heavy atom. The summed E-state index contributed by atoms with van der Waals surface area (Å²) in [6.07, 6.45) is 1.89. The average Bonchev–Trinajstić information content (AvgIpc) is 2.61. The lowest BCUT2D eigenvalue weighted by Gasteiger charge is -2.35. The summed E-state index contributed by atoms with van der Waals surface area (Å²) in [5, 5.41) is 0. The highest BCUT2D eigenvalue weighted by Gasteiger charge is 2.31. The quantitative estimate of drug-likeness (QED) is 0.786. The summed E-state index contributed by atoms with van der Waals surface area (Å²) in [7, 11) is 0. The molecule has 1 aliphatic heterocycles. The molecule has 22 heavy (non-hydrogen) atoms. The van der Waals surface area contributed by atoms with Crippen LogP contribution in [-0.2, 0) is 14.3 Å². The van der Waals surface area contributed by atoms with Crippen molar-refractivity contribution in [2.75, 3.05) is 6.61 Å². The van der Waals surface area contributed by atoms with Crippen molar-refractivity contribution in [2.45, 2.75) is 31.2 Å². The van der Waals surface area contributed by atoms with Gasteiger partial charge in [0.15, 0.2) is 6.29 Å². The van der Waals surface area contributed by atoms with E-state index in [1.54, 1.807) is 0 Å². The maximum absolute atomic E-state index is 11.1. The average molecular weight is 296 g/mol. The first-order chi connectivity index (χ1) is 10.9. The van der Waals surface area contributed by atoms with Crippen molar-refractivity contribution in [2.24, 2.45) is 0 Å². The van der Waals surface area contributed by atoms with Crippen LogP contribution in [0.5, 0.6) is 0 Å².